The molecule has 0 aliphatic carbocycles. The van der Waals surface area contributed by atoms with Crippen molar-refractivity contribution in [2.24, 2.45) is 0 Å². The van der Waals surface area contributed by atoms with Crippen LogP contribution in [0.1, 0.15) is 24.8 Å². The molecule has 0 aliphatic heterocycles. The van der Waals surface area contributed by atoms with Crippen molar-refractivity contribution in [3.8, 4) is 0 Å². The van der Waals surface area contributed by atoms with Gasteiger partial charge in [-0.3, -0.25) is 4.79 Å². The van der Waals surface area contributed by atoms with Gasteiger partial charge in [0.25, 0.3) is 0 Å². The molecule has 2 amide bonds. The van der Waals surface area contributed by atoms with Crippen LogP contribution in [0.25, 0.3) is 0 Å². The van der Waals surface area contributed by atoms with Gasteiger partial charge in [-0.15, -0.1) is 0 Å². The number of benzene rings is 1. The molecule has 0 saturated carbocycles. The molecule has 0 radical (unpaired) electrons. The summed E-state index contributed by atoms with van der Waals surface area (Å²) in [4.78, 5) is 21.7. The number of carbonyl (C=O) groups excluding carboxylic acids is 1. The van der Waals surface area contributed by atoms with Crippen LogP contribution in [0.2, 0.25) is 0 Å². The van der Waals surface area contributed by atoms with Crippen molar-refractivity contribution < 1.29 is 19.1 Å². The number of nitrogens with one attached hydrogen (secondary N) is 2. The van der Waals surface area contributed by atoms with Crippen LogP contribution in [0.4, 0.5) is 9.18 Å². The van der Waals surface area contributed by atoms with Gasteiger partial charge in [0.15, 0.2) is 0 Å². The molecule has 0 unspecified atom stereocenters. The van der Waals surface area contributed by atoms with E-state index in [1.54, 1.807) is 12.1 Å². The number of halogens is 1. The maximum Gasteiger partial charge on any atom is 0.314 e. The van der Waals surface area contributed by atoms with Gasteiger partial charge >= 0.3 is 12.0 Å². The maximum absolute atomic E-state index is 12.9. The molecule has 0 aliphatic rings. The number of aliphatic carboxylic acids is 1. The Morgan fingerprint density at radius 2 is 1.90 bits per heavy atom. The highest BCUT2D eigenvalue weighted by atomic mass is 19.1. The Hall–Kier alpha value is -2.11. The molecule has 6 heteroatoms. The smallest absolute Gasteiger partial charge is 0.314 e. The van der Waals surface area contributed by atoms with Gasteiger partial charge < -0.3 is 15.7 Å². The average molecular weight is 282 g/mol. The highest BCUT2D eigenvalue weighted by molar-refractivity contribution is 5.73. The highest BCUT2D eigenvalue weighted by Gasteiger charge is 2.01. The fourth-order valence-electron chi connectivity index (χ4n) is 1.68. The van der Waals surface area contributed by atoms with Crippen LogP contribution in [-0.2, 0) is 11.2 Å². The Kier molecular flexibility index (Phi) is 7.10. The van der Waals surface area contributed by atoms with Gasteiger partial charge in [-0.2, -0.15) is 0 Å². The molecule has 0 atom stereocenters. The molecule has 3 N–H and O–H groups in total. The minimum atomic E-state index is -0.829. The number of urea groups is 1. The number of hydrogen-bond donors (Lipinski definition) is 3. The quantitative estimate of drug-likeness (QED) is 0.637. The number of amides is 2. The lowest BCUT2D eigenvalue weighted by atomic mass is 10.1. The summed E-state index contributed by atoms with van der Waals surface area (Å²) in [5.74, 6) is -1.12. The van der Waals surface area contributed by atoms with Crippen molar-refractivity contribution in [1.82, 2.24) is 10.6 Å². The summed E-state index contributed by atoms with van der Waals surface area (Å²) in [6.07, 6.45) is 1.84. The molecule has 5 nitrogen and oxygen atoms in total. The molecule has 0 heterocycles. The largest absolute Gasteiger partial charge is 0.481 e. The van der Waals surface area contributed by atoms with Crippen LogP contribution in [0.15, 0.2) is 24.3 Å². The third kappa shape index (κ3) is 7.35. The van der Waals surface area contributed by atoms with Crippen molar-refractivity contribution in [3.63, 3.8) is 0 Å². The lowest BCUT2D eigenvalue weighted by Crippen LogP contribution is -2.37. The minimum Gasteiger partial charge on any atom is -0.481 e. The lowest BCUT2D eigenvalue weighted by molar-refractivity contribution is -0.137. The standard InChI is InChI=1S/C14H19FN2O3/c15-12-5-3-4-11(10-12)7-9-17-14(20)16-8-2-1-6-13(18)19/h3-5,10H,1-2,6-9H2,(H,18,19)(H2,16,17,20). The Balaban J connectivity index is 2.07. The number of carbonyl (C=O) groups is 2. The van der Waals surface area contributed by atoms with Crippen molar-refractivity contribution in [1.29, 1.82) is 0 Å². The third-order valence-electron chi connectivity index (χ3n) is 2.69. The van der Waals surface area contributed by atoms with Gasteiger partial charge in [0, 0.05) is 19.5 Å². The Morgan fingerprint density at radius 3 is 2.60 bits per heavy atom. The summed E-state index contributed by atoms with van der Waals surface area (Å²) in [5, 5.41) is 13.7. The highest BCUT2D eigenvalue weighted by Crippen LogP contribution is 2.03. The molecule has 0 saturated heterocycles. The fraction of sp³-hybridized carbons (Fsp3) is 0.429. The first-order valence-electron chi connectivity index (χ1n) is 6.56. The summed E-state index contributed by atoms with van der Waals surface area (Å²) in [5.41, 5.74) is 0.826. The third-order valence-corrected chi connectivity index (χ3v) is 2.69. The monoisotopic (exact) mass is 282 g/mol. The molecule has 0 aromatic heterocycles. The average Bonchev–Trinajstić information content (AvgIpc) is 2.38. The zero-order chi connectivity index (χ0) is 14.8. The Labute approximate surface area is 117 Å². The summed E-state index contributed by atoms with van der Waals surface area (Å²) >= 11 is 0. The fourth-order valence-corrected chi connectivity index (χ4v) is 1.68. The van der Waals surface area contributed by atoms with Crippen LogP contribution in [0, 0.1) is 5.82 Å². The number of carboxylic acids is 1. The Morgan fingerprint density at radius 1 is 1.15 bits per heavy atom. The van der Waals surface area contributed by atoms with E-state index in [9.17, 15) is 14.0 Å². The van der Waals surface area contributed by atoms with Crippen LogP contribution in [-0.4, -0.2) is 30.2 Å². The van der Waals surface area contributed by atoms with Crippen LogP contribution >= 0.6 is 0 Å². The lowest BCUT2D eigenvalue weighted by Gasteiger charge is -2.07. The second-order valence-corrected chi connectivity index (χ2v) is 4.41. The minimum absolute atomic E-state index is 0.114. The molecule has 1 rings (SSSR count). The summed E-state index contributed by atoms with van der Waals surface area (Å²) in [6.45, 7) is 0.865. The normalized spacial score (nSPS) is 10.1. The van der Waals surface area contributed by atoms with Gasteiger partial charge in [-0.05, 0) is 37.0 Å². The second kappa shape index (κ2) is 8.90. The van der Waals surface area contributed by atoms with Gasteiger partial charge in [0.05, 0.1) is 0 Å². The zero-order valence-electron chi connectivity index (χ0n) is 11.2. The van der Waals surface area contributed by atoms with Gasteiger partial charge in [0.1, 0.15) is 5.82 Å². The van der Waals surface area contributed by atoms with E-state index in [0.717, 1.165) is 5.56 Å². The first-order valence-corrected chi connectivity index (χ1v) is 6.56. The number of unbranched alkanes of at least 4 members (excludes halogenated alkanes) is 1. The number of carboxylic acid groups (broad SMARTS) is 1. The second-order valence-electron chi connectivity index (χ2n) is 4.41. The van der Waals surface area contributed by atoms with E-state index in [0.29, 0.717) is 32.4 Å². The number of rotatable bonds is 8. The van der Waals surface area contributed by atoms with Gasteiger partial charge in [-0.25, -0.2) is 9.18 Å². The molecule has 1 aromatic carbocycles. The molecular formula is C14H19FN2O3. The van der Waals surface area contributed by atoms with Crippen LogP contribution in [0.5, 0.6) is 0 Å². The van der Waals surface area contributed by atoms with E-state index >= 15 is 0 Å². The SMILES string of the molecule is O=C(O)CCCCNC(=O)NCCc1cccc(F)c1. The van der Waals surface area contributed by atoms with Crippen molar-refractivity contribution in [2.75, 3.05) is 13.1 Å². The molecule has 110 valence electrons. The topological polar surface area (TPSA) is 78.4 Å². The van der Waals surface area contributed by atoms with E-state index in [1.807, 2.05) is 0 Å². The molecule has 0 spiro atoms. The van der Waals surface area contributed by atoms with Crippen LogP contribution in [0.3, 0.4) is 0 Å². The first kappa shape index (κ1) is 15.9. The summed E-state index contributed by atoms with van der Waals surface area (Å²) < 4.78 is 12.9. The van der Waals surface area contributed by atoms with E-state index in [-0.39, 0.29) is 18.3 Å². The number of hydrogen-bond acceptors (Lipinski definition) is 2. The van der Waals surface area contributed by atoms with Crippen LogP contribution < -0.4 is 10.6 Å². The molecule has 0 fully saturated rings. The summed E-state index contributed by atoms with van der Waals surface area (Å²) in [7, 11) is 0. The zero-order valence-corrected chi connectivity index (χ0v) is 11.2. The predicted molar refractivity (Wildman–Crippen MR) is 73.0 cm³/mol. The predicted octanol–water partition coefficient (Wildman–Crippen LogP) is 1.92. The van der Waals surface area contributed by atoms with E-state index in [4.69, 9.17) is 5.11 Å². The summed E-state index contributed by atoms with van der Waals surface area (Å²) in [6, 6.07) is 5.95. The van der Waals surface area contributed by atoms with Gasteiger partial charge in [-0.1, -0.05) is 12.1 Å². The van der Waals surface area contributed by atoms with E-state index in [2.05, 4.69) is 10.6 Å². The molecular weight excluding hydrogens is 263 g/mol. The first-order chi connectivity index (χ1) is 9.58. The maximum atomic E-state index is 12.9. The van der Waals surface area contributed by atoms with Crippen molar-refractivity contribution >= 4 is 12.0 Å². The Bertz CT molecular complexity index is 452. The van der Waals surface area contributed by atoms with E-state index < -0.39 is 5.97 Å². The molecule has 0 bridgehead atoms. The van der Waals surface area contributed by atoms with Crippen molar-refractivity contribution in [3.05, 3.63) is 35.6 Å². The van der Waals surface area contributed by atoms with Crippen molar-refractivity contribution in [2.45, 2.75) is 25.7 Å². The van der Waals surface area contributed by atoms with E-state index in [1.165, 1.54) is 12.1 Å². The van der Waals surface area contributed by atoms with Gasteiger partial charge in [0.2, 0.25) is 0 Å². The molecule has 20 heavy (non-hydrogen) atoms. The molecule has 1 aromatic rings.